The minimum absolute atomic E-state index is 0.00190. The smallest absolute Gasteiger partial charge is 0.309 e. The lowest BCUT2D eigenvalue weighted by atomic mass is 9.99. The largest absolute Gasteiger partial charge is 0.481 e. The standard InChI is InChI=1S/C13H18N2O2/c1-10-5-7-15(8-6-10)12-4-2-3-11(14-12)9-13(16)17/h2-4,10H,5-9H2,1H3,(H,16,17). The molecule has 1 aliphatic heterocycles. The topological polar surface area (TPSA) is 53.4 Å². The zero-order chi connectivity index (χ0) is 12.3. The van der Waals surface area contributed by atoms with Gasteiger partial charge in [-0.2, -0.15) is 0 Å². The summed E-state index contributed by atoms with van der Waals surface area (Å²) in [6.07, 6.45) is 2.37. The normalized spacial score (nSPS) is 17.1. The van der Waals surface area contributed by atoms with Crippen LogP contribution in [0.2, 0.25) is 0 Å². The SMILES string of the molecule is CC1CCN(c2cccc(CC(=O)O)n2)CC1. The van der Waals surface area contributed by atoms with E-state index in [1.54, 1.807) is 6.07 Å². The predicted molar refractivity (Wildman–Crippen MR) is 66.2 cm³/mol. The van der Waals surface area contributed by atoms with Crippen molar-refractivity contribution in [3.8, 4) is 0 Å². The van der Waals surface area contributed by atoms with E-state index in [4.69, 9.17) is 5.11 Å². The lowest BCUT2D eigenvalue weighted by Crippen LogP contribution is -2.33. The van der Waals surface area contributed by atoms with Gasteiger partial charge in [0.1, 0.15) is 5.82 Å². The van der Waals surface area contributed by atoms with Gasteiger partial charge in [-0.1, -0.05) is 13.0 Å². The van der Waals surface area contributed by atoms with E-state index >= 15 is 0 Å². The summed E-state index contributed by atoms with van der Waals surface area (Å²) >= 11 is 0. The summed E-state index contributed by atoms with van der Waals surface area (Å²) in [5.74, 6) is 0.867. The van der Waals surface area contributed by atoms with E-state index in [9.17, 15) is 4.79 Å². The highest BCUT2D eigenvalue weighted by Crippen LogP contribution is 2.21. The Bertz CT molecular complexity index is 398. The lowest BCUT2D eigenvalue weighted by Gasteiger charge is -2.31. The Morgan fingerprint density at radius 3 is 2.82 bits per heavy atom. The molecular weight excluding hydrogens is 216 g/mol. The minimum Gasteiger partial charge on any atom is -0.481 e. The Morgan fingerprint density at radius 1 is 1.47 bits per heavy atom. The van der Waals surface area contributed by atoms with E-state index in [2.05, 4.69) is 16.8 Å². The van der Waals surface area contributed by atoms with Crippen molar-refractivity contribution in [3.05, 3.63) is 23.9 Å². The van der Waals surface area contributed by atoms with Crippen LogP contribution in [0.1, 0.15) is 25.5 Å². The molecular formula is C13H18N2O2. The number of carboxylic acid groups (broad SMARTS) is 1. The molecule has 0 amide bonds. The van der Waals surface area contributed by atoms with E-state index in [0.717, 1.165) is 24.8 Å². The van der Waals surface area contributed by atoms with E-state index in [1.165, 1.54) is 12.8 Å². The van der Waals surface area contributed by atoms with Gasteiger partial charge in [0.15, 0.2) is 0 Å². The molecule has 0 atom stereocenters. The molecule has 1 aromatic heterocycles. The van der Waals surface area contributed by atoms with Crippen LogP contribution in [-0.4, -0.2) is 29.1 Å². The molecule has 0 bridgehead atoms. The first-order valence-electron chi connectivity index (χ1n) is 6.08. The van der Waals surface area contributed by atoms with Gasteiger partial charge in [-0.3, -0.25) is 4.79 Å². The van der Waals surface area contributed by atoms with Gasteiger partial charge in [-0.25, -0.2) is 4.98 Å². The monoisotopic (exact) mass is 234 g/mol. The highest BCUT2D eigenvalue weighted by atomic mass is 16.4. The van der Waals surface area contributed by atoms with Gasteiger partial charge in [0.25, 0.3) is 0 Å². The molecule has 92 valence electrons. The van der Waals surface area contributed by atoms with Gasteiger partial charge in [0.2, 0.25) is 0 Å². The van der Waals surface area contributed by atoms with Crippen LogP contribution in [0.15, 0.2) is 18.2 Å². The zero-order valence-electron chi connectivity index (χ0n) is 10.1. The number of anilines is 1. The number of carboxylic acids is 1. The molecule has 1 aliphatic rings. The molecule has 0 radical (unpaired) electrons. The first kappa shape index (κ1) is 11.9. The maximum Gasteiger partial charge on any atom is 0.309 e. The Morgan fingerprint density at radius 2 is 2.18 bits per heavy atom. The highest BCUT2D eigenvalue weighted by molar-refractivity contribution is 5.69. The molecule has 17 heavy (non-hydrogen) atoms. The zero-order valence-corrected chi connectivity index (χ0v) is 10.1. The fourth-order valence-electron chi connectivity index (χ4n) is 2.13. The second kappa shape index (κ2) is 5.17. The molecule has 1 fully saturated rings. The second-order valence-corrected chi connectivity index (χ2v) is 4.73. The maximum atomic E-state index is 10.6. The van der Waals surface area contributed by atoms with Gasteiger partial charge in [0, 0.05) is 13.1 Å². The number of carbonyl (C=O) groups is 1. The first-order chi connectivity index (χ1) is 8.15. The van der Waals surface area contributed by atoms with Gasteiger partial charge in [0.05, 0.1) is 12.1 Å². The summed E-state index contributed by atoms with van der Waals surface area (Å²) < 4.78 is 0. The summed E-state index contributed by atoms with van der Waals surface area (Å²) in [7, 11) is 0. The second-order valence-electron chi connectivity index (χ2n) is 4.73. The third kappa shape index (κ3) is 3.19. The van der Waals surface area contributed by atoms with Crippen LogP contribution < -0.4 is 4.90 Å². The van der Waals surface area contributed by atoms with Crippen molar-refractivity contribution in [2.75, 3.05) is 18.0 Å². The third-order valence-electron chi connectivity index (χ3n) is 3.23. The Balaban J connectivity index is 2.07. The Hall–Kier alpha value is -1.58. The molecule has 0 aliphatic carbocycles. The average Bonchev–Trinajstić information content (AvgIpc) is 2.29. The average molecular weight is 234 g/mol. The van der Waals surface area contributed by atoms with Gasteiger partial charge in [-0.05, 0) is 30.9 Å². The van der Waals surface area contributed by atoms with Crippen LogP contribution in [0.25, 0.3) is 0 Å². The van der Waals surface area contributed by atoms with Crippen molar-refractivity contribution < 1.29 is 9.90 Å². The molecule has 4 heteroatoms. The van der Waals surface area contributed by atoms with Gasteiger partial charge in [-0.15, -0.1) is 0 Å². The number of aliphatic carboxylic acids is 1. The summed E-state index contributed by atoms with van der Waals surface area (Å²) in [4.78, 5) is 17.3. The van der Waals surface area contributed by atoms with Gasteiger partial charge < -0.3 is 10.0 Å². The van der Waals surface area contributed by atoms with Crippen LogP contribution in [0.3, 0.4) is 0 Å². The molecule has 0 unspecified atom stereocenters. The number of hydrogen-bond acceptors (Lipinski definition) is 3. The highest BCUT2D eigenvalue weighted by Gasteiger charge is 2.17. The van der Waals surface area contributed by atoms with E-state index in [1.807, 2.05) is 12.1 Å². The molecule has 0 saturated carbocycles. The molecule has 4 nitrogen and oxygen atoms in total. The minimum atomic E-state index is -0.832. The third-order valence-corrected chi connectivity index (χ3v) is 3.23. The summed E-state index contributed by atoms with van der Waals surface area (Å²) in [5, 5.41) is 8.75. The maximum absolute atomic E-state index is 10.6. The number of rotatable bonds is 3. The van der Waals surface area contributed by atoms with Crippen LogP contribution in [0, 0.1) is 5.92 Å². The number of nitrogens with zero attached hydrogens (tertiary/aromatic N) is 2. The lowest BCUT2D eigenvalue weighted by molar-refractivity contribution is -0.136. The number of piperidine rings is 1. The molecule has 0 aromatic carbocycles. The van der Waals surface area contributed by atoms with Crippen molar-refractivity contribution in [2.24, 2.45) is 5.92 Å². The molecule has 0 spiro atoms. The Kier molecular flexibility index (Phi) is 3.61. The van der Waals surface area contributed by atoms with Crippen LogP contribution in [0.4, 0.5) is 5.82 Å². The van der Waals surface area contributed by atoms with Crippen LogP contribution in [-0.2, 0) is 11.2 Å². The Labute approximate surface area is 101 Å². The van der Waals surface area contributed by atoms with E-state index in [0.29, 0.717) is 5.69 Å². The van der Waals surface area contributed by atoms with Crippen molar-refractivity contribution in [1.29, 1.82) is 0 Å². The van der Waals surface area contributed by atoms with Crippen molar-refractivity contribution in [3.63, 3.8) is 0 Å². The van der Waals surface area contributed by atoms with E-state index in [-0.39, 0.29) is 6.42 Å². The molecule has 2 heterocycles. The number of hydrogen-bond donors (Lipinski definition) is 1. The first-order valence-corrected chi connectivity index (χ1v) is 6.08. The van der Waals surface area contributed by atoms with Crippen molar-refractivity contribution in [2.45, 2.75) is 26.2 Å². The van der Waals surface area contributed by atoms with Crippen molar-refractivity contribution in [1.82, 2.24) is 4.98 Å². The van der Waals surface area contributed by atoms with Crippen LogP contribution >= 0.6 is 0 Å². The fraction of sp³-hybridized carbons (Fsp3) is 0.538. The number of aromatic nitrogens is 1. The van der Waals surface area contributed by atoms with E-state index < -0.39 is 5.97 Å². The molecule has 1 aromatic rings. The van der Waals surface area contributed by atoms with Crippen LogP contribution in [0.5, 0.6) is 0 Å². The number of pyridine rings is 1. The summed E-state index contributed by atoms with van der Waals surface area (Å²) in [6, 6.07) is 5.62. The quantitative estimate of drug-likeness (QED) is 0.868. The molecule has 1 saturated heterocycles. The molecule has 1 N–H and O–H groups in total. The molecule has 2 rings (SSSR count). The summed E-state index contributed by atoms with van der Waals surface area (Å²) in [5.41, 5.74) is 0.633. The fourth-order valence-corrected chi connectivity index (χ4v) is 2.13. The predicted octanol–water partition coefficient (Wildman–Crippen LogP) is 1.95. The van der Waals surface area contributed by atoms with Gasteiger partial charge >= 0.3 is 5.97 Å². The van der Waals surface area contributed by atoms with Crippen molar-refractivity contribution >= 4 is 11.8 Å². The summed E-state index contributed by atoms with van der Waals surface area (Å²) in [6.45, 7) is 4.31.